The van der Waals surface area contributed by atoms with Crippen molar-refractivity contribution in [3.8, 4) is 0 Å². The molecule has 0 fully saturated rings. The standard InChI is InChI=1S/C17H22N4O5/c1-5-8-21(16(25)26-17(2,3)4)20-15(24)18-10-6-7-11-12(9-10)14(23)19-13(11)22/h6-7,9H,5,8H2,1-4H3,(H2,18,20,24)(H,19,22,23). The Balaban J connectivity index is 2.04. The van der Waals surface area contributed by atoms with E-state index in [-0.39, 0.29) is 17.7 Å². The van der Waals surface area contributed by atoms with E-state index in [1.54, 1.807) is 20.8 Å². The lowest BCUT2D eigenvalue weighted by Gasteiger charge is -2.27. The van der Waals surface area contributed by atoms with Gasteiger partial charge in [-0.3, -0.25) is 14.9 Å². The van der Waals surface area contributed by atoms with Gasteiger partial charge in [-0.15, -0.1) is 0 Å². The van der Waals surface area contributed by atoms with E-state index in [0.717, 1.165) is 5.01 Å². The molecule has 3 N–H and O–H groups in total. The summed E-state index contributed by atoms with van der Waals surface area (Å²) in [5.41, 5.74) is 2.47. The van der Waals surface area contributed by atoms with E-state index in [1.807, 2.05) is 6.92 Å². The van der Waals surface area contributed by atoms with Crippen molar-refractivity contribution < 1.29 is 23.9 Å². The van der Waals surface area contributed by atoms with Gasteiger partial charge in [0.15, 0.2) is 0 Å². The molecule has 0 radical (unpaired) electrons. The molecule has 9 nitrogen and oxygen atoms in total. The molecule has 0 saturated heterocycles. The van der Waals surface area contributed by atoms with Crippen molar-refractivity contribution in [2.45, 2.75) is 39.7 Å². The Morgan fingerprint density at radius 3 is 2.42 bits per heavy atom. The van der Waals surface area contributed by atoms with E-state index in [2.05, 4.69) is 16.1 Å². The third-order valence-electron chi connectivity index (χ3n) is 3.29. The maximum atomic E-state index is 12.2. The number of rotatable bonds is 3. The van der Waals surface area contributed by atoms with E-state index in [1.165, 1.54) is 18.2 Å². The Bertz CT molecular complexity index is 754. The van der Waals surface area contributed by atoms with Gasteiger partial charge in [0.25, 0.3) is 11.8 Å². The Morgan fingerprint density at radius 2 is 1.81 bits per heavy atom. The Morgan fingerprint density at radius 1 is 1.15 bits per heavy atom. The number of urea groups is 1. The Hall–Kier alpha value is -3.10. The van der Waals surface area contributed by atoms with Crippen LogP contribution in [0.2, 0.25) is 0 Å². The molecule has 1 heterocycles. The number of nitrogens with one attached hydrogen (secondary N) is 3. The molecule has 0 saturated carbocycles. The zero-order valence-corrected chi connectivity index (χ0v) is 15.1. The van der Waals surface area contributed by atoms with Gasteiger partial charge in [-0.2, -0.15) is 0 Å². The lowest BCUT2D eigenvalue weighted by molar-refractivity contribution is 0.0174. The highest BCUT2D eigenvalue weighted by atomic mass is 16.6. The predicted molar refractivity (Wildman–Crippen MR) is 93.6 cm³/mol. The fourth-order valence-electron chi connectivity index (χ4n) is 2.26. The summed E-state index contributed by atoms with van der Waals surface area (Å²) >= 11 is 0. The smallest absolute Gasteiger partial charge is 0.429 e. The zero-order chi connectivity index (χ0) is 19.5. The number of benzene rings is 1. The molecule has 0 aromatic heterocycles. The first-order chi connectivity index (χ1) is 12.1. The number of carbonyl (C=O) groups excluding carboxylic acids is 4. The van der Waals surface area contributed by atoms with Gasteiger partial charge in [0.2, 0.25) is 0 Å². The van der Waals surface area contributed by atoms with Gasteiger partial charge in [-0.1, -0.05) is 6.92 Å². The monoisotopic (exact) mass is 362 g/mol. The lowest BCUT2D eigenvalue weighted by atomic mass is 10.1. The van der Waals surface area contributed by atoms with E-state index in [9.17, 15) is 19.2 Å². The first-order valence-electron chi connectivity index (χ1n) is 8.18. The largest absolute Gasteiger partial charge is 0.442 e. The molecule has 2 rings (SSSR count). The number of nitrogens with zero attached hydrogens (tertiary/aromatic N) is 1. The van der Waals surface area contributed by atoms with Crippen LogP contribution >= 0.6 is 0 Å². The molecule has 0 atom stereocenters. The van der Waals surface area contributed by atoms with Crippen LogP contribution in [0.25, 0.3) is 0 Å². The molecule has 1 aromatic carbocycles. The highest BCUT2D eigenvalue weighted by Crippen LogP contribution is 2.20. The topological polar surface area (TPSA) is 117 Å². The summed E-state index contributed by atoms with van der Waals surface area (Å²) in [5.74, 6) is -0.990. The van der Waals surface area contributed by atoms with E-state index < -0.39 is 29.5 Å². The molecule has 140 valence electrons. The summed E-state index contributed by atoms with van der Waals surface area (Å²) in [4.78, 5) is 47.5. The minimum atomic E-state index is -0.693. The predicted octanol–water partition coefficient (Wildman–Crippen LogP) is 2.25. The van der Waals surface area contributed by atoms with Crippen molar-refractivity contribution in [3.05, 3.63) is 29.3 Å². The third kappa shape index (κ3) is 4.71. The number of fused-ring (bicyclic) bond motifs is 1. The molecule has 0 spiro atoms. The maximum Gasteiger partial charge on any atom is 0.429 e. The number of imide groups is 1. The first kappa shape index (κ1) is 19.2. The summed E-state index contributed by atoms with van der Waals surface area (Å²) in [6.45, 7) is 7.31. The SMILES string of the molecule is CCCN(NC(=O)Nc1ccc2c(c1)C(=O)NC2=O)C(=O)OC(C)(C)C. The summed E-state index contributed by atoms with van der Waals surface area (Å²) in [6, 6.07) is 3.66. The van der Waals surface area contributed by atoms with Crippen LogP contribution in [0.3, 0.4) is 0 Å². The number of ether oxygens (including phenoxy) is 1. The van der Waals surface area contributed by atoms with E-state index in [0.29, 0.717) is 12.1 Å². The van der Waals surface area contributed by atoms with Gasteiger partial charge < -0.3 is 10.1 Å². The summed E-state index contributed by atoms with van der Waals surface area (Å²) in [5, 5.41) is 5.77. The van der Waals surface area contributed by atoms with Crippen LogP contribution in [0.5, 0.6) is 0 Å². The Kier molecular flexibility index (Phi) is 5.49. The van der Waals surface area contributed by atoms with Crippen molar-refractivity contribution >= 4 is 29.6 Å². The molecule has 0 bridgehead atoms. The second-order valence-corrected chi connectivity index (χ2v) is 6.74. The Labute approximate surface area is 151 Å². The van der Waals surface area contributed by atoms with Crippen LogP contribution in [0.1, 0.15) is 54.8 Å². The van der Waals surface area contributed by atoms with Gasteiger partial charge >= 0.3 is 12.1 Å². The third-order valence-corrected chi connectivity index (χ3v) is 3.29. The highest BCUT2D eigenvalue weighted by molar-refractivity contribution is 6.22. The quantitative estimate of drug-likeness (QED) is 0.563. The fraction of sp³-hybridized carbons (Fsp3) is 0.412. The van der Waals surface area contributed by atoms with Gasteiger partial charge in [-0.05, 0) is 45.4 Å². The lowest BCUT2D eigenvalue weighted by Crippen LogP contribution is -2.50. The number of amides is 5. The minimum absolute atomic E-state index is 0.186. The molecule has 1 aliphatic rings. The second-order valence-electron chi connectivity index (χ2n) is 6.74. The molecule has 1 aromatic rings. The first-order valence-corrected chi connectivity index (χ1v) is 8.18. The van der Waals surface area contributed by atoms with Crippen molar-refractivity contribution in [3.63, 3.8) is 0 Å². The zero-order valence-electron chi connectivity index (χ0n) is 15.1. The number of anilines is 1. The normalized spacial score (nSPS) is 12.9. The van der Waals surface area contributed by atoms with Crippen LogP contribution in [-0.4, -0.2) is 41.1 Å². The van der Waals surface area contributed by atoms with Gasteiger partial charge in [-0.25, -0.2) is 20.0 Å². The average Bonchev–Trinajstić information content (AvgIpc) is 2.79. The molecular formula is C17H22N4O5. The molecule has 0 unspecified atom stereocenters. The van der Waals surface area contributed by atoms with Crippen LogP contribution in [-0.2, 0) is 4.74 Å². The van der Waals surface area contributed by atoms with Crippen molar-refractivity contribution in [2.75, 3.05) is 11.9 Å². The summed E-state index contributed by atoms with van der Waals surface area (Å²) in [7, 11) is 0. The maximum absolute atomic E-state index is 12.2. The summed E-state index contributed by atoms with van der Waals surface area (Å²) < 4.78 is 5.24. The van der Waals surface area contributed by atoms with Crippen LogP contribution < -0.4 is 16.1 Å². The molecule has 0 aliphatic carbocycles. The van der Waals surface area contributed by atoms with Crippen molar-refractivity contribution in [2.24, 2.45) is 0 Å². The van der Waals surface area contributed by atoms with Crippen LogP contribution in [0, 0.1) is 0 Å². The van der Waals surface area contributed by atoms with Crippen molar-refractivity contribution in [1.82, 2.24) is 15.8 Å². The molecule has 9 heteroatoms. The average molecular weight is 362 g/mol. The van der Waals surface area contributed by atoms with Crippen LogP contribution in [0.15, 0.2) is 18.2 Å². The number of hydrazine groups is 1. The minimum Gasteiger partial charge on any atom is -0.442 e. The van der Waals surface area contributed by atoms with E-state index >= 15 is 0 Å². The number of carbonyl (C=O) groups is 4. The molecule has 5 amide bonds. The summed E-state index contributed by atoms with van der Waals surface area (Å²) in [6.07, 6.45) is -0.0610. The molecule has 26 heavy (non-hydrogen) atoms. The van der Waals surface area contributed by atoms with Gasteiger partial charge in [0.1, 0.15) is 5.60 Å². The molecular weight excluding hydrogens is 340 g/mol. The van der Waals surface area contributed by atoms with Gasteiger partial charge in [0.05, 0.1) is 11.1 Å². The number of hydrogen-bond donors (Lipinski definition) is 3. The highest BCUT2D eigenvalue weighted by Gasteiger charge is 2.27. The van der Waals surface area contributed by atoms with E-state index in [4.69, 9.17) is 4.74 Å². The van der Waals surface area contributed by atoms with Gasteiger partial charge in [0, 0.05) is 12.2 Å². The molecule has 1 aliphatic heterocycles. The van der Waals surface area contributed by atoms with Crippen LogP contribution in [0.4, 0.5) is 15.3 Å². The second kappa shape index (κ2) is 7.42. The fourth-order valence-corrected chi connectivity index (χ4v) is 2.26. The number of hydrogen-bond acceptors (Lipinski definition) is 5. The van der Waals surface area contributed by atoms with Crippen molar-refractivity contribution in [1.29, 1.82) is 0 Å².